The number of hydrogen-bond acceptors (Lipinski definition) is 6. The van der Waals surface area contributed by atoms with E-state index in [9.17, 15) is 9.18 Å². The molecular formula is C20H18FN3O3S. The van der Waals surface area contributed by atoms with E-state index in [1.807, 2.05) is 30.3 Å². The molecule has 1 unspecified atom stereocenters. The van der Waals surface area contributed by atoms with Crippen LogP contribution in [0.3, 0.4) is 0 Å². The van der Waals surface area contributed by atoms with Crippen molar-refractivity contribution in [1.29, 1.82) is 0 Å². The number of benzene rings is 2. The summed E-state index contributed by atoms with van der Waals surface area (Å²) in [6.07, 6.45) is -0.253. The second-order valence-corrected chi connectivity index (χ2v) is 7.21. The Kier molecular flexibility index (Phi) is 5.68. The van der Waals surface area contributed by atoms with Crippen molar-refractivity contribution in [3.63, 3.8) is 0 Å². The zero-order chi connectivity index (χ0) is 19.3. The Labute approximate surface area is 165 Å². The number of aromatic nitrogens is 2. The van der Waals surface area contributed by atoms with Crippen LogP contribution in [0.4, 0.5) is 4.39 Å². The monoisotopic (exact) mass is 399 g/mol. The molecule has 2 aromatic carbocycles. The molecule has 0 aliphatic carbocycles. The number of ether oxygens (including phenoxy) is 1. The number of morpholine rings is 1. The molecule has 1 aliphatic heterocycles. The Morgan fingerprint density at radius 1 is 1.14 bits per heavy atom. The standard InChI is InChI=1S/C20H18FN3O3S/c21-16-8-6-14(7-9-16)17-12-24(10-11-26-17)18(25)13-28-20-23-22-19(27-20)15-4-2-1-3-5-15/h1-9,17H,10-13H2. The summed E-state index contributed by atoms with van der Waals surface area (Å²) in [5.41, 5.74) is 1.69. The fourth-order valence-electron chi connectivity index (χ4n) is 2.94. The van der Waals surface area contributed by atoms with Crippen molar-refractivity contribution in [2.75, 3.05) is 25.4 Å². The topological polar surface area (TPSA) is 68.5 Å². The molecule has 1 saturated heterocycles. The molecule has 1 aliphatic rings. The zero-order valence-electron chi connectivity index (χ0n) is 15.0. The normalized spacial score (nSPS) is 16.9. The van der Waals surface area contributed by atoms with Gasteiger partial charge in [0.1, 0.15) is 11.9 Å². The molecule has 0 saturated carbocycles. The van der Waals surface area contributed by atoms with Crippen molar-refractivity contribution >= 4 is 17.7 Å². The average molecular weight is 399 g/mol. The predicted molar refractivity (Wildman–Crippen MR) is 102 cm³/mol. The van der Waals surface area contributed by atoms with Gasteiger partial charge in [0.2, 0.25) is 11.8 Å². The number of amides is 1. The van der Waals surface area contributed by atoms with E-state index in [2.05, 4.69) is 10.2 Å². The molecule has 144 valence electrons. The number of nitrogens with zero attached hydrogens (tertiary/aromatic N) is 3. The molecule has 0 N–H and O–H groups in total. The van der Waals surface area contributed by atoms with Crippen LogP contribution < -0.4 is 0 Å². The first-order chi connectivity index (χ1) is 13.7. The summed E-state index contributed by atoms with van der Waals surface area (Å²) in [5.74, 6) is 0.309. The van der Waals surface area contributed by atoms with Crippen molar-refractivity contribution in [2.45, 2.75) is 11.3 Å². The minimum absolute atomic E-state index is 0.0279. The summed E-state index contributed by atoms with van der Waals surface area (Å²) < 4.78 is 24.5. The molecule has 1 amide bonds. The van der Waals surface area contributed by atoms with Crippen molar-refractivity contribution in [3.05, 3.63) is 66.0 Å². The molecule has 3 aromatic rings. The number of carbonyl (C=O) groups is 1. The van der Waals surface area contributed by atoms with Crippen molar-refractivity contribution in [3.8, 4) is 11.5 Å². The number of carbonyl (C=O) groups excluding carboxylic acids is 1. The lowest BCUT2D eigenvalue weighted by molar-refractivity contribution is -0.136. The molecule has 0 spiro atoms. The highest BCUT2D eigenvalue weighted by atomic mass is 32.2. The summed E-state index contributed by atoms with van der Waals surface area (Å²) in [5, 5.41) is 8.38. The lowest BCUT2D eigenvalue weighted by Gasteiger charge is -2.33. The molecule has 28 heavy (non-hydrogen) atoms. The van der Waals surface area contributed by atoms with Gasteiger partial charge >= 0.3 is 0 Å². The fraction of sp³-hybridized carbons (Fsp3) is 0.250. The van der Waals surface area contributed by atoms with Crippen LogP contribution in [0, 0.1) is 5.82 Å². The molecule has 2 heterocycles. The van der Waals surface area contributed by atoms with Gasteiger partial charge in [-0.15, -0.1) is 10.2 Å². The Hall–Kier alpha value is -2.71. The van der Waals surface area contributed by atoms with E-state index in [0.29, 0.717) is 30.8 Å². The van der Waals surface area contributed by atoms with Crippen LogP contribution in [0.25, 0.3) is 11.5 Å². The third-order valence-electron chi connectivity index (χ3n) is 4.41. The second kappa shape index (κ2) is 8.53. The molecule has 6 nitrogen and oxygen atoms in total. The Morgan fingerprint density at radius 3 is 2.71 bits per heavy atom. The zero-order valence-corrected chi connectivity index (χ0v) is 15.8. The first-order valence-electron chi connectivity index (χ1n) is 8.85. The van der Waals surface area contributed by atoms with Crippen molar-refractivity contribution < 1.29 is 18.3 Å². The molecule has 1 fully saturated rings. The Morgan fingerprint density at radius 2 is 1.93 bits per heavy atom. The molecular weight excluding hydrogens is 381 g/mol. The molecule has 1 aromatic heterocycles. The maximum absolute atomic E-state index is 13.1. The molecule has 4 rings (SSSR count). The lowest BCUT2D eigenvalue weighted by atomic mass is 10.1. The van der Waals surface area contributed by atoms with Crippen molar-refractivity contribution in [2.24, 2.45) is 0 Å². The van der Waals surface area contributed by atoms with Gasteiger partial charge in [0.15, 0.2) is 0 Å². The van der Waals surface area contributed by atoms with Crippen LogP contribution in [0.15, 0.2) is 64.2 Å². The third kappa shape index (κ3) is 4.40. The number of hydrogen-bond donors (Lipinski definition) is 0. The van der Waals surface area contributed by atoms with Gasteiger partial charge < -0.3 is 14.1 Å². The lowest BCUT2D eigenvalue weighted by Crippen LogP contribution is -2.43. The van der Waals surface area contributed by atoms with Gasteiger partial charge in [-0.25, -0.2) is 4.39 Å². The van der Waals surface area contributed by atoms with Gasteiger partial charge in [-0.2, -0.15) is 0 Å². The molecule has 8 heteroatoms. The van der Waals surface area contributed by atoms with Gasteiger partial charge in [0.25, 0.3) is 5.22 Å². The quantitative estimate of drug-likeness (QED) is 0.611. The number of halogens is 1. The van der Waals surface area contributed by atoms with E-state index in [1.165, 1.54) is 23.9 Å². The first-order valence-corrected chi connectivity index (χ1v) is 9.84. The van der Waals surface area contributed by atoms with Gasteiger partial charge in [-0.05, 0) is 29.8 Å². The maximum atomic E-state index is 13.1. The minimum Gasteiger partial charge on any atom is -0.411 e. The number of thioether (sulfide) groups is 1. The summed E-state index contributed by atoms with van der Waals surface area (Å²) in [6.45, 7) is 1.40. The number of rotatable bonds is 5. The van der Waals surface area contributed by atoms with E-state index in [-0.39, 0.29) is 23.6 Å². The molecule has 0 bridgehead atoms. The fourth-order valence-corrected chi connectivity index (χ4v) is 3.60. The largest absolute Gasteiger partial charge is 0.411 e. The molecule has 0 radical (unpaired) electrons. The van der Waals surface area contributed by atoms with E-state index in [4.69, 9.17) is 9.15 Å². The van der Waals surface area contributed by atoms with Gasteiger partial charge in [-0.1, -0.05) is 42.1 Å². The smallest absolute Gasteiger partial charge is 0.277 e. The van der Waals surface area contributed by atoms with Crippen LogP contribution in [0.5, 0.6) is 0 Å². The predicted octanol–water partition coefficient (Wildman–Crippen LogP) is 3.57. The minimum atomic E-state index is -0.293. The van der Waals surface area contributed by atoms with Crippen molar-refractivity contribution in [1.82, 2.24) is 15.1 Å². The highest BCUT2D eigenvalue weighted by molar-refractivity contribution is 7.99. The third-order valence-corrected chi connectivity index (χ3v) is 5.21. The Balaban J connectivity index is 1.33. The first kappa shape index (κ1) is 18.6. The van der Waals surface area contributed by atoms with Gasteiger partial charge in [-0.3, -0.25) is 4.79 Å². The SMILES string of the molecule is O=C(CSc1nnc(-c2ccccc2)o1)N1CCOC(c2ccc(F)cc2)C1. The summed E-state index contributed by atoms with van der Waals surface area (Å²) in [6, 6.07) is 15.6. The van der Waals surface area contributed by atoms with E-state index < -0.39 is 0 Å². The van der Waals surface area contributed by atoms with Crippen LogP contribution in [-0.2, 0) is 9.53 Å². The summed E-state index contributed by atoms with van der Waals surface area (Å²) in [4.78, 5) is 14.3. The van der Waals surface area contributed by atoms with Crippen LogP contribution >= 0.6 is 11.8 Å². The van der Waals surface area contributed by atoms with Crippen LogP contribution in [0.2, 0.25) is 0 Å². The van der Waals surface area contributed by atoms with E-state index in [0.717, 1.165) is 11.1 Å². The second-order valence-electron chi connectivity index (χ2n) is 6.28. The maximum Gasteiger partial charge on any atom is 0.277 e. The highest BCUT2D eigenvalue weighted by Crippen LogP contribution is 2.25. The Bertz CT molecular complexity index is 933. The van der Waals surface area contributed by atoms with Crippen LogP contribution in [0.1, 0.15) is 11.7 Å². The van der Waals surface area contributed by atoms with E-state index >= 15 is 0 Å². The summed E-state index contributed by atoms with van der Waals surface area (Å²) in [7, 11) is 0. The van der Waals surface area contributed by atoms with Crippen LogP contribution in [-0.4, -0.2) is 46.5 Å². The summed E-state index contributed by atoms with van der Waals surface area (Å²) >= 11 is 1.21. The van der Waals surface area contributed by atoms with Gasteiger partial charge in [0, 0.05) is 12.1 Å². The molecule has 1 atom stereocenters. The average Bonchev–Trinajstić information content (AvgIpc) is 3.22. The highest BCUT2D eigenvalue weighted by Gasteiger charge is 2.25. The van der Waals surface area contributed by atoms with Gasteiger partial charge in [0.05, 0.1) is 18.9 Å². The van der Waals surface area contributed by atoms with E-state index in [1.54, 1.807) is 17.0 Å².